The lowest BCUT2D eigenvalue weighted by Crippen LogP contribution is -2.17. The number of hydrogen-bond donors (Lipinski definition) is 0. The van der Waals surface area contributed by atoms with Crippen LogP contribution in [0.1, 0.15) is 35.4 Å². The minimum absolute atomic E-state index is 0.285. The van der Waals surface area contributed by atoms with E-state index in [1.807, 2.05) is 24.3 Å². The van der Waals surface area contributed by atoms with Crippen LogP contribution in [0, 0.1) is 12.8 Å². The number of methoxy groups -OCH3 is 1. The maximum absolute atomic E-state index is 12.4. The number of benzene rings is 3. The fraction of sp³-hybridized carbons (Fsp3) is 0.276. The standard InChI is InChI=1S/C29H26F3N3O2S/c1-18-13-25(36-2)10-7-21(18)14-26(38)15-22-16-27(22)19-3-5-20(6-4-19)28-33-17-35(34-28)23-8-11-24(12-9-23)37-29(30,31)32/h3-13,17,22,27H,14-16H2,1-2H3. The van der Waals surface area contributed by atoms with Crippen LogP contribution in [0.5, 0.6) is 11.5 Å². The first-order valence-electron chi connectivity index (χ1n) is 12.2. The van der Waals surface area contributed by atoms with Crippen LogP contribution in [0.4, 0.5) is 13.2 Å². The van der Waals surface area contributed by atoms with Crippen LogP contribution in [0.3, 0.4) is 0 Å². The average molecular weight is 538 g/mol. The maximum Gasteiger partial charge on any atom is 0.573 e. The van der Waals surface area contributed by atoms with Crippen molar-refractivity contribution in [2.45, 2.75) is 38.5 Å². The fourth-order valence-corrected chi connectivity index (χ4v) is 5.02. The molecule has 3 aromatic carbocycles. The second kappa shape index (κ2) is 10.6. The predicted molar refractivity (Wildman–Crippen MR) is 143 cm³/mol. The van der Waals surface area contributed by atoms with E-state index in [1.54, 1.807) is 7.11 Å². The van der Waals surface area contributed by atoms with Crippen LogP contribution >= 0.6 is 12.2 Å². The van der Waals surface area contributed by atoms with E-state index in [0.717, 1.165) is 35.4 Å². The van der Waals surface area contributed by atoms with Gasteiger partial charge in [0, 0.05) is 12.0 Å². The Kier molecular flexibility index (Phi) is 7.21. The first-order valence-corrected chi connectivity index (χ1v) is 12.6. The number of rotatable bonds is 9. The van der Waals surface area contributed by atoms with Crippen molar-refractivity contribution in [3.63, 3.8) is 0 Å². The largest absolute Gasteiger partial charge is 0.573 e. The Morgan fingerprint density at radius 3 is 2.39 bits per heavy atom. The monoisotopic (exact) mass is 537 g/mol. The van der Waals surface area contributed by atoms with Crippen molar-refractivity contribution in [1.29, 1.82) is 0 Å². The van der Waals surface area contributed by atoms with Gasteiger partial charge in [-0.15, -0.1) is 18.3 Å². The van der Waals surface area contributed by atoms with Crippen molar-refractivity contribution in [1.82, 2.24) is 14.8 Å². The van der Waals surface area contributed by atoms with Gasteiger partial charge in [0.15, 0.2) is 5.82 Å². The Bertz CT molecular complexity index is 1430. The van der Waals surface area contributed by atoms with Crippen molar-refractivity contribution in [3.05, 3.63) is 89.7 Å². The van der Waals surface area contributed by atoms with E-state index in [9.17, 15) is 13.2 Å². The second-order valence-corrected chi connectivity index (χ2v) is 10.1. The molecule has 5 rings (SSSR count). The lowest BCUT2D eigenvalue weighted by molar-refractivity contribution is -0.274. The topological polar surface area (TPSA) is 49.2 Å². The molecule has 0 spiro atoms. The summed E-state index contributed by atoms with van der Waals surface area (Å²) in [6.45, 7) is 2.09. The van der Waals surface area contributed by atoms with Gasteiger partial charge in [0.05, 0.1) is 12.8 Å². The molecule has 2 unspecified atom stereocenters. The highest BCUT2D eigenvalue weighted by atomic mass is 32.1. The van der Waals surface area contributed by atoms with Gasteiger partial charge < -0.3 is 9.47 Å². The van der Waals surface area contributed by atoms with E-state index in [0.29, 0.717) is 23.3 Å². The van der Waals surface area contributed by atoms with Crippen LogP contribution in [-0.2, 0) is 6.42 Å². The summed E-state index contributed by atoms with van der Waals surface area (Å²) in [6.07, 6.45) is -0.324. The fourth-order valence-electron chi connectivity index (χ4n) is 4.65. The van der Waals surface area contributed by atoms with Gasteiger partial charge in [-0.05, 0) is 89.6 Å². The van der Waals surface area contributed by atoms with Crippen molar-refractivity contribution >= 4 is 17.1 Å². The lowest BCUT2D eigenvalue weighted by atomic mass is 9.99. The Morgan fingerprint density at radius 1 is 1.03 bits per heavy atom. The Labute approximate surface area is 224 Å². The molecule has 0 amide bonds. The summed E-state index contributed by atoms with van der Waals surface area (Å²) >= 11 is 5.73. The van der Waals surface area contributed by atoms with E-state index in [1.165, 1.54) is 52.0 Å². The van der Waals surface area contributed by atoms with E-state index < -0.39 is 6.36 Å². The van der Waals surface area contributed by atoms with Crippen molar-refractivity contribution in [2.24, 2.45) is 5.92 Å². The van der Waals surface area contributed by atoms with Gasteiger partial charge in [-0.1, -0.05) is 42.5 Å². The zero-order valence-corrected chi connectivity index (χ0v) is 21.7. The third kappa shape index (κ3) is 6.22. The number of thiocarbonyl (C=S) groups is 1. The quantitative estimate of drug-likeness (QED) is 0.210. The summed E-state index contributed by atoms with van der Waals surface area (Å²) in [5.41, 5.74) is 5.17. The summed E-state index contributed by atoms with van der Waals surface area (Å²) in [5, 5.41) is 4.47. The molecule has 9 heteroatoms. The summed E-state index contributed by atoms with van der Waals surface area (Å²) in [7, 11) is 1.67. The number of nitrogens with zero attached hydrogens (tertiary/aromatic N) is 3. The molecule has 38 heavy (non-hydrogen) atoms. The van der Waals surface area contributed by atoms with Crippen molar-refractivity contribution in [2.75, 3.05) is 7.11 Å². The highest BCUT2D eigenvalue weighted by Crippen LogP contribution is 2.50. The molecule has 4 aromatic rings. The van der Waals surface area contributed by atoms with Crippen LogP contribution in [-0.4, -0.2) is 33.1 Å². The molecule has 196 valence electrons. The van der Waals surface area contributed by atoms with Crippen LogP contribution in [0.2, 0.25) is 0 Å². The number of alkyl halides is 3. The van der Waals surface area contributed by atoms with Gasteiger partial charge >= 0.3 is 6.36 Å². The third-order valence-corrected chi connectivity index (χ3v) is 7.08. The zero-order chi connectivity index (χ0) is 26.9. The maximum atomic E-state index is 12.4. The average Bonchev–Trinajstić information content (AvgIpc) is 3.46. The number of hydrogen-bond acceptors (Lipinski definition) is 5. The van der Waals surface area contributed by atoms with Gasteiger partial charge in [-0.3, -0.25) is 0 Å². The summed E-state index contributed by atoms with van der Waals surface area (Å²) in [5.74, 6) is 2.18. The van der Waals surface area contributed by atoms with Gasteiger partial charge in [0.25, 0.3) is 0 Å². The molecule has 1 fully saturated rings. The molecule has 1 aliphatic rings. The van der Waals surface area contributed by atoms with E-state index in [-0.39, 0.29) is 5.75 Å². The molecule has 0 aliphatic heterocycles. The molecule has 0 N–H and O–H groups in total. The molecular formula is C29H26F3N3O2S. The van der Waals surface area contributed by atoms with E-state index >= 15 is 0 Å². The summed E-state index contributed by atoms with van der Waals surface area (Å²) < 4.78 is 47.8. The summed E-state index contributed by atoms with van der Waals surface area (Å²) in [6, 6.07) is 19.8. The highest BCUT2D eigenvalue weighted by Gasteiger charge is 2.38. The highest BCUT2D eigenvalue weighted by molar-refractivity contribution is 7.80. The molecule has 0 bridgehead atoms. The third-order valence-electron chi connectivity index (χ3n) is 6.77. The Morgan fingerprint density at radius 2 is 1.74 bits per heavy atom. The first-order chi connectivity index (χ1) is 18.2. The predicted octanol–water partition coefficient (Wildman–Crippen LogP) is 7.26. The van der Waals surface area contributed by atoms with Crippen LogP contribution < -0.4 is 9.47 Å². The SMILES string of the molecule is COc1ccc(CC(=S)CC2CC2c2ccc(-c3ncn(-c4ccc(OC(F)(F)F)cc4)n3)cc2)c(C)c1. The van der Waals surface area contributed by atoms with Gasteiger partial charge in [-0.25, -0.2) is 9.67 Å². The molecule has 5 nitrogen and oxygen atoms in total. The molecule has 0 saturated heterocycles. The number of halogens is 3. The Hall–Kier alpha value is -3.72. The van der Waals surface area contributed by atoms with Crippen molar-refractivity contribution in [3.8, 4) is 28.6 Å². The first kappa shape index (κ1) is 25.9. The van der Waals surface area contributed by atoms with Gasteiger partial charge in [0.1, 0.15) is 17.8 Å². The van der Waals surface area contributed by atoms with Gasteiger partial charge in [0.2, 0.25) is 0 Å². The minimum Gasteiger partial charge on any atom is -0.497 e. The molecule has 1 aliphatic carbocycles. The second-order valence-electron chi connectivity index (χ2n) is 9.49. The minimum atomic E-state index is -4.73. The van der Waals surface area contributed by atoms with E-state index in [2.05, 4.69) is 39.9 Å². The molecule has 1 aromatic heterocycles. The molecule has 2 atom stereocenters. The van der Waals surface area contributed by atoms with Crippen LogP contribution in [0.15, 0.2) is 73.1 Å². The number of aromatic nitrogens is 3. The molecule has 1 saturated carbocycles. The van der Waals surface area contributed by atoms with E-state index in [4.69, 9.17) is 17.0 Å². The molecule has 0 radical (unpaired) electrons. The zero-order valence-electron chi connectivity index (χ0n) is 20.9. The molecule has 1 heterocycles. The van der Waals surface area contributed by atoms with Crippen LogP contribution in [0.25, 0.3) is 17.1 Å². The molecular weight excluding hydrogens is 511 g/mol. The normalized spacial score (nSPS) is 16.8. The Balaban J connectivity index is 1.17. The smallest absolute Gasteiger partial charge is 0.497 e. The summed E-state index contributed by atoms with van der Waals surface area (Å²) in [4.78, 5) is 5.44. The number of aryl methyl sites for hydroxylation is 1. The van der Waals surface area contributed by atoms with Crippen molar-refractivity contribution < 1.29 is 22.6 Å². The number of ether oxygens (including phenoxy) is 2. The van der Waals surface area contributed by atoms with Gasteiger partial charge in [-0.2, -0.15) is 0 Å². The lowest BCUT2D eigenvalue weighted by Gasteiger charge is -2.09.